The van der Waals surface area contributed by atoms with Gasteiger partial charge in [-0.15, -0.1) is 0 Å². The van der Waals surface area contributed by atoms with Gasteiger partial charge in [0.15, 0.2) is 0 Å². The zero-order valence-electron chi connectivity index (χ0n) is 43.1. The van der Waals surface area contributed by atoms with Gasteiger partial charge >= 0.3 is 0 Å². The van der Waals surface area contributed by atoms with Gasteiger partial charge in [-0.1, -0.05) is 55.8 Å². The van der Waals surface area contributed by atoms with Crippen LogP contribution >= 0.6 is 11.6 Å². The molecule has 2 saturated carbocycles. The topological polar surface area (TPSA) is 195 Å². The number of nitro groups is 1. The molecule has 396 valence electrons. The van der Waals surface area contributed by atoms with E-state index in [1.165, 1.54) is 35.0 Å². The second kappa shape index (κ2) is 21.4. The molecule has 18 heteroatoms. The zero-order valence-corrected chi connectivity index (χ0v) is 44.6. The van der Waals surface area contributed by atoms with Crippen LogP contribution in [0.4, 0.5) is 17.1 Å². The highest BCUT2D eigenvalue weighted by molar-refractivity contribution is 7.90. The van der Waals surface area contributed by atoms with Gasteiger partial charge in [0.2, 0.25) is 0 Å². The largest absolute Gasteiger partial charge is 0.495 e. The van der Waals surface area contributed by atoms with Crippen LogP contribution in [0.3, 0.4) is 0 Å². The number of ether oxygens (including phenoxy) is 2. The summed E-state index contributed by atoms with van der Waals surface area (Å²) in [6, 6.07) is 28.1. The number of piperazine rings is 1. The number of rotatable bonds is 16. The van der Waals surface area contributed by atoms with Crippen molar-refractivity contribution in [3.63, 3.8) is 0 Å². The SMILES string of the molecule is COc1ccc(CN2CCN(C3CC4(CCN(c5ccc(C(=O)NS(=O)(=O)c6ccc(NCC7CCC(C)(O)CC7)c([N+](=O)[O-])c6)c(Oc6cnc7[nH]ccc7c6)c5)CC4)C3)C(c3ccccc3C(C)C)C2)cc1Cl. The maximum atomic E-state index is 14.1. The van der Waals surface area contributed by atoms with Crippen molar-refractivity contribution in [2.24, 2.45) is 11.3 Å². The summed E-state index contributed by atoms with van der Waals surface area (Å²) in [5.41, 5.74) is 4.67. The number of nitrogens with zero attached hydrogens (tertiary/aromatic N) is 5. The molecule has 16 nitrogen and oxygen atoms in total. The van der Waals surface area contributed by atoms with Crippen molar-refractivity contribution >= 4 is 55.6 Å². The van der Waals surface area contributed by atoms with Crippen molar-refractivity contribution in [3.8, 4) is 17.2 Å². The van der Waals surface area contributed by atoms with E-state index in [-0.39, 0.29) is 34.4 Å². The normalized spacial score (nSPS) is 21.5. The van der Waals surface area contributed by atoms with E-state index >= 15 is 0 Å². The molecule has 2 aromatic heterocycles. The van der Waals surface area contributed by atoms with Crippen LogP contribution < -0.4 is 24.4 Å². The third-order valence-electron chi connectivity index (χ3n) is 16.4. The van der Waals surface area contributed by atoms with Crippen molar-refractivity contribution in [1.29, 1.82) is 0 Å². The fraction of sp³-hybridized carbons (Fsp3) is 0.439. The molecule has 2 saturated heterocycles. The highest BCUT2D eigenvalue weighted by Gasteiger charge is 2.50. The van der Waals surface area contributed by atoms with Crippen molar-refractivity contribution < 1.29 is 32.7 Å². The number of fused-ring (bicyclic) bond motifs is 1. The van der Waals surface area contributed by atoms with Crippen LogP contribution in [-0.4, -0.2) is 102 Å². The lowest BCUT2D eigenvalue weighted by molar-refractivity contribution is -0.384. The number of pyridine rings is 1. The molecule has 1 unspecified atom stereocenters. The minimum absolute atomic E-state index is 0.0347. The molecule has 1 spiro atoms. The van der Waals surface area contributed by atoms with E-state index in [1.807, 2.05) is 31.2 Å². The lowest BCUT2D eigenvalue weighted by Gasteiger charge is -2.58. The molecule has 4 aliphatic rings. The molecule has 6 aromatic rings. The van der Waals surface area contributed by atoms with Crippen molar-refractivity contribution in [2.45, 2.75) is 107 Å². The van der Waals surface area contributed by atoms with Crippen molar-refractivity contribution in [2.75, 3.05) is 56.6 Å². The Morgan fingerprint density at radius 1 is 0.960 bits per heavy atom. The summed E-state index contributed by atoms with van der Waals surface area (Å²) >= 11 is 6.56. The van der Waals surface area contributed by atoms with E-state index < -0.39 is 37.0 Å². The number of anilines is 2. The average molecular weight is 1060 g/mol. The van der Waals surface area contributed by atoms with Crippen molar-refractivity contribution in [3.05, 3.63) is 141 Å². The van der Waals surface area contributed by atoms with Gasteiger partial charge in [-0.2, -0.15) is 0 Å². The van der Waals surface area contributed by atoms with Gasteiger partial charge in [-0.05, 0) is 141 Å². The Kier molecular flexibility index (Phi) is 14.9. The molecule has 1 amide bonds. The van der Waals surface area contributed by atoms with Crippen molar-refractivity contribution in [1.82, 2.24) is 24.5 Å². The second-order valence-corrected chi connectivity index (χ2v) is 23.9. The number of carbonyl (C=O) groups is 1. The van der Waals surface area contributed by atoms with E-state index in [2.05, 4.69) is 78.9 Å². The first-order valence-electron chi connectivity index (χ1n) is 26.2. The van der Waals surface area contributed by atoms with Gasteiger partial charge in [-0.3, -0.25) is 24.7 Å². The fourth-order valence-electron chi connectivity index (χ4n) is 12.0. The van der Waals surface area contributed by atoms with Gasteiger partial charge in [0.05, 0.1) is 39.3 Å². The summed E-state index contributed by atoms with van der Waals surface area (Å²) in [5.74, 6) is 0.809. The third-order valence-corrected chi connectivity index (χ3v) is 18.0. The van der Waals surface area contributed by atoms with E-state index in [9.17, 15) is 28.4 Å². The van der Waals surface area contributed by atoms with Gasteiger partial charge in [-0.25, -0.2) is 18.1 Å². The fourth-order valence-corrected chi connectivity index (χ4v) is 13.3. The quantitative estimate of drug-likeness (QED) is 0.0529. The van der Waals surface area contributed by atoms with E-state index in [1.54, 1.807) is 31.5 Å². The van der Waals surface area contributed by atoms with E-state index in [0.717, 1.165) is 94.9 Å². The number of nitrogens with one attached hydrogen (secondary N) is 3. The van der Waals surface area contributed by atoms with Crippen LogP contribution in [0.5, 0.6) is 17.2 Å². The Balaban J connectivity index is 0.831. The number of H-pyrrole nitrogens is 1. The minimum atomic E-state index is -4.59. The van der Waals surface area contributed by atoms with Crippen LogP contribution in [0.25, 0.3) is 11.0 Å². The number of amides is 1. The molecule has 2 aliphatic carbocycles. The standard InChI is InChI=1S/C57H67ClN8O8S/c1-37(2)45-7-5-6-8-46(45)51-36-63(35-39-9-14-52(73-4)48(58)27-39)25-26-65(51)42-31-57(32-42)20-23-64(24-21-57)41-10-12-47(53(29-41)74-43-28-40-17-22-59-54(40)61-34-43)55(67)62-75(71,72)44-11-13-49(50(30-44)66(69)70)60-33-38-15-18-56(3,68)19-16-38/h5-14,17,22,27-30,34,37-38,42,51,60,68H,15-16,18-21,23-26,31-33,35-36H2,1-4H3,(H,59,61)(H,62,67). The number of halogens is 1. The molecule has 0 bridgehead atoms. The molecule has 2 aliphatic heterocycles. The Labute approximate surface area is 444 Å². The highest BCUT2D eigenvalue weighted by Crippen LogP contribution is 2.53. The van der Waals surface area contributed by atoms with Crippen LogP contribution in [0, 0.1) is 21.4 Å². The Hall–Kier alpha value is -6.24. The lowest BCUT2D eigenvalue weighted by Crippen LogP contribution is -2.60. The Morgan fingerprint density at radius 3 is 2.47 bits per heavy atom. The molecular weight excluding hydrogens is 992 g/mol. The molecule has 4 fully saturated rings. The van der Waals surface area contributed by atoms with E-state index in [4.69, 9.17) is 21.1 Å². The molecular formula is C57H67ClN8O8S. The van der Waals surface area contributed by atoms with E-state index in [0.29, 0.717) is 53.5 Å². The predicted octanol–water partition coefficient (Wildman–Crippen LogP) is 10.8. The number of hydrogen-bond acceptors (Lipinski definition) is 13. The number of aromatic nitrogens is 2. The molecule has 4 heterocycles. The Bertz CT molecular complexity index is 3180. The molecule has 4 aromatic carbocycles. The summed E-state index contributed by atoms with van der Waals surface area (Å²) < 4.78 is 41.7. The number of hydrogen-bond donors (Lipinski definition) is 4. The summed E-state index contributed by atoms with van der Waals surface area (Å²) in [5, 5.41) is 27.1. The van der Waals surface area contributed by atoms with Crippen LogP contribution in [-0.2, 0) is 16.6 Å². The number of methoxy groups -OCH3 is 1. The third kappa shape index (κ3) is 11.5. The number of aromatic amines is 1. The first-order valence-corrected chi connectivity index (χ1v) is 28.0. The summed E-state index contributed by atoms with van der Waals surface area (Å²) in [6.07, 6.45) is 10.3. The number of carbonyl (C=O) groups excluding carboxylic acids is 1. The van der Waals surface area contributed by atoms with Gasteiger partial charge < -0.3 is 29.8 Å². The van der Waals surface area contributed by atoms with Gasteiger partial charge in [0.1, 0.15) is 28.6 Å². The Morgan fingerprint density at radius 2 is 1.73 bits per heavy atom. The number of benzene rings is 4. The summed E-state index contributed by atoms with van der Waals surface area (Å²) in [4.78, 5) is 40.5. The maximum Gasteiger partial charge on any atom is 0.293 e. The van der Waals surface area contributed by atoms with Crippen LogP contribution in [0.1, 0.15) is 111 Å². The number of piperidine rings is 1. The first kappa shape index (κ1) is 52.2. The molecule has 10 rings (SSSR count). The second-order valence-electron chi connectivity index (χ2n) is 21.9. The molecule has 75 heavy (non-hydrogen) atoms. The monoisotopic (exact) mass is 1060 g/mol. The van der Waals surface area contributed by atoms with Gasteiger partial charge in [0.25, 0.3) is 21.6 Å². The highest BCUT2D eigenvalue weighted by atomic mass is 35.5. The average Bonchev–Trinajstić information content (AvgIpc) is 3.86. The van der Waals surface area contributed by atoms with Gasteiger partial charge in [0, 0.05) is 87.3 Å². The zero-order chi connectivity index (χ0) is 52.6. The maximum absolute atomic E-state index is 14.1. The molecule has 4 N–H and O–H groups in total. The lowest BCUT2D eigenvalue weighted by atomic mass is 9.59. The summed E-state index contributed by atoms with van der Waals surface area (Å²) in [7, 11) is -2.96. The smallest absolute Gasteiger partial charge is 0.293 e. The number of aliphatic hydroxyl groups is 1. The summed E-state index contributed by atoms with van der Waals surface area (Å²) in [6.45, 7) is 12.1. The minimum Gasteiger partial charge on any atom is -0.495 e. The van der Waals surface area contributed by atoms with Crippen LogP contribution in [0.2, 0.25) is 5.02 Å². The molecule has 0 radical (unpaired) electrons. The number of sulfonamides is 1. The molecule has 1 atom stereocenters. The predicted molar refractivity (Wildman–Crippen MR) is 292 cm³/mol. The first-order chi connectivity index (χ1) is 35.9. The number of nitro benzene ring substituents is 1. The van der Waals surface area contributed by atoms with Crippen LogP contribution in [0.15, 0.2) is 108 Å².